The molecule has 2 aliphatic rings. The van der Waals surface area contributed by atoms with Gasteiger partial charge in [0.25, 0.3) is 0 Å². The highest BCUT2D eigenvalue weighted by molar-refractivity contribution is 5.94. The Balaban J connectivity index is 1.21. The number of anilines is 3. The maximum absolute atomic E-state index is 8.98. The number of pyridine rings is 3. The smallest absolute Gasteiger partial charge is 0.161 e. The van der Waals surface area contributed by atoms with Crippen molar-refractivity contribution < 1.29 is 0 Å². The van der Waals surface area contributed by atoms with E-state index in [0.717, 1.165) is 40.7 Å². The van der Waals surface area contributed by atoms with Crippen LogP contribution in [-0.4, -0.2) is 55.2 Å². The molecule has 0 amide bonds. The number of nitrogens with zero attached hydrogens (tertiary/aromatic N) is 6. The Labute approximate surface area is 197 Å². The first-order valence-corrected chi connectivity index (χ1v) is 12.0. The van der Waals surface area contributed by atoms with E-state index in [1.165, 1.54) is 25.7 Å². The van der Waals surface area contributed by atoms with Gasteiger partial charge in [0, 0.05) is 60.8 Å². The zero-order chi connectivity index (χ0) is 22.9. The van der Waals surface area contributed by atoms with Crippen molar-refractivity contribution in [2.75, 3.05) is 23.7 Å². The SMILES string of the molecule is N#CCCN1[C@@H]2CC[C@H]1CC(CNc1nc(Nc3n[nH]c4cnccc34)cc3ncccc13)C2. The number of fused-ring (bicyclic) bond motifs is 4. The van der Waals surface area contributed by atoms with Crippen LogP contribution < -0.4 is 10.6 Å². The highest BCUT2D eigenvalue weighted by Crippen LogP contribution is 2.39. The lowest BCUT2D eigenvalue weighted by molar-refractivity contribution is 0.110. The minimum absolute atomic E-state index is 0.601. The van der Waals surface area contributed by atoms with E-state index >= 15 is 0 Å². The highest BCUT2D eigenvalue weighted by Gasteiger charge is 2.40. The number of nitrogens with one attached hydrogen (secondary N) is 3. The molecule has 0 aliphatic carbocycles. The maximum Gasteiger partial charge on any atom is 0.161 e. The molecular formula is C25H27N9. The van der Waals surface area contributed by atoms with Gasteiger partial charge in [0.2, 0.25) is 0 Å². The fraction of sp³-hybridized carbons (Fsp3) is 0.400. The Kier molecular flexibility index (Phi) is 5.43. The fourth-order valence-electron chi connectivity index (χ4n) is 5.70. The van der Waals surface area contributed by atoms with Gasteiger partial charge in [0.1, 0.15) is 11.6 Å². The molecule has 0 saturated carbocycles. The number of aromatic amines is 1. The summed E-state index contributed by atoms with van der Waals surface area (Å²) in [4.78, 5) is 16.2. The minimum atomic E-state index is 0.601. The summed E-state index contributed by atoms with van der Waals surface area (Å²) >= 11 is 0. The number of hydrogen-bond donors (Lipinski definition) is 3. The number of aromatic nitrogens is 5. The number of rotatable bonds is 7. The van der Waals surface area contributed by atoms with Crippen LogP contribution in [0.3, 0.4) is 0 Å². The van der Waals surface area contributed by atoms with Gasteiger partial charge >= 0.3 is 0 Å². The predicted molar refractivity (Wildman–Crippen MR) is 132 cm³/mol. The summed E-state index contributed by atoms with van der Waals surface area (Å²) in [6.07, 6.45) is 10.8. The predicted octanol–water partition coefficient (Wildman–Crippen LogP) is 4.21. The maximum atomic E-state index is 8.98. The molecule has 9 heteroatoms. The molecule has 4 aromatic heterocycles. The zero-order valence-electron chi connectivity index (χ0n) is 18.9. The van der Waals surface area contributed by atoms with Crippen LogP contribution in [0, 0.1) is 17.2 Å². The van der Waals surface area contributed by atoms with Crippen molar-refractivity contribution in [1.82, 2.24) is 30.0 Å². The molecule has 172 valence electrons. The normalized spacial score (nSPS) is 22.1. The molecule has 0 radical (unpaired) electrons. The molecule has 34 heavy (non-hydrogen) atoms. The molecule has 3 atom stereocenters. The van der Waals surface area contributed by atoms with Crippen molar-refractivity contribution in [2.45, 2.75) is 44.2 Å². The minimum Gasteiger partial charge on any atom is -0.369 e. The Bertz CT molecular complexity index is 1340. The average molecular weight is 454 g/mol. The Morgan fingerprint density at radius 1 is 1.12 bits per heavy atom. The highest BCUT2D eigenvalue weighted by atomic mass is 15.2. The molecule has 2 saturated heterocycles. The van der Waals surface area contributed by atoms with Gasteiger partial charge in [-0.05, 0) is 49.8 Å². The lowest BCUT2D eigenvalue weighted by Crippen LogP contribution is -2.44. The van der Waals surface area contributed by atoms with Crippen LogP contribution in [0.2, 0.25) is 0 Å². The first-order chi connectivity index (χ1) is 16.8. The third kappa shape index (κ3) is 3.90. The van der Waals surface area contributed by atoms with Crippen LogP contribution in [0.5, 0.6) is 0 Å². The fourth-order valence-corrected chi connectivity index (χ4v) is 5.70. The molecule has 4 aromatic rings. The topological polar surface area (TPSA) is 118 Å². The van der Waals surface area contributed by atoms with Gasteiger partial charge in [-0.3, -0.25) is 20.0 Å². The van der Waals surface area contributed by atoms with E-state index in [1.54, 1.807) is 18.6 Å². The summed E-state index contributed by atoms with van der Waals surface area (Å²) in [5.74, 6) is 2.86. The molecular weight excluding hydrogens is 426 g/mol. The number of H-pyrrole nitrogens is 1. The van der Waals surface area contributed by atoms with Crippen LogP contribution in [0.15, 0.2) is 42.9 Å². The van der Waals surface area contributed by atoms with Crippen LogP contribution in [-0.2, 0) is 0 Å². The monoisotopic (exact) mass is 453 g/mol. The van der Waals surface area contributed by atoms with Crippen LogP contribution >= 0.6 is 0 Å². The van der Waals surface area contributed by atoms with Crippen molar-refractivity contribution in [3.8, 4) is 6.07 Å². The molecule has 2 bridgehead atoms. The lowest BCUT2D eigenvalue weighted by Gasteiger charge is -2.38. The molecule has 9 nitrogen and oxygen atoms in total. The lowest BCUT2D eigenvalue weighted by atomic mass is 9.90. The molecule has 6 rings (SSSR count). The van der Waals surface area contributed by atoms with Crippen LogP contribution in [0.1, 0.15) is 32.1 Å². The summed E-state index contributed by atoms with van der Waals surface area (Å²) in [5.41, 5.74) is 1.76. The Morgan fingerprint density at radius 2 is 2.00 bits per heavy atom. The molecule has 3 N–H and O–H groups in total. The van der Waals surface area contributed by atoms with Gasteiger partial charge < -0.3 is 10.6 Å². The van der Waals surface area contributed by atoms with E-state index in [4.69, 9.17) is 10.2 Å². The molecule has 2 aliphatic heterocycles. The summed E-state index contributed by atoms with van der Waals surface area (Å²) in [5, 5.41) is 25.3. The average Bonchev–Trinajstić information content (AvgIpc) is 3.37. The van der Waals surface area contributed by atoms with Crippen molar-refractivity contribution in [2.24, 2.45) is 5.92 Å². The van der Waals surface area contributed by atoms with Gasteiger partial charge in [-0.25, -0.2) is 4.98 Å². The van der Waals surface area contributed by atoms with Gasteiger partial charge in [-0.1, -0.05) is 0 Å². The second-order valence-corrected chi connectivity index (χ2v) is 9.29. The van der Waals surface area contributed by atoms with Gasteiger partial charge in [0.15, 0.2) is 5.82 Å². The van der Waals surface area contributed by atoms with Gasteiger partial charge in [-0.15, -0.1) is 0 Å². The van der Waals surface area contributed by atoms with Gasteiger partial charge in [0.05, 0.1) is 23.3 Å². The van der Waals surface area contributed by atoms with Crippen molar-refractivity contribution >= 4 is 39.3 Å². The molecule has 6 heterocycles. The first kappa shape index (κ1) is 20.8. The number of hydrogen-bond acceptors (Lipinski definition) is 8. The first-order valence-electron chi connectivity index (χ1n) is 12.0. The summed E-state index contributed by atoms with van der Waals surface area (Å²) in [6.45, 7) is 1.80. The van der Waals surface area contributed by atoms with Crippen molar-refractivity contribution in [3.05, 3.63) is 42.9 Å². The zero-order valence-corrected chi connectivity index (χ0v) is 18.9. The summed E-state index contributed by atoms with van der Waals surface area (Å²) in [6, 6.07) is 11.4. The standard InChI is InChI=1S/C25H27N9/c26-7-2-10-34-17-4-5-18(34)12-16(11-17)14-29-24-19-3-1-8-28-21(19)13-23(30-24)31-25-20-6-9-27-15-22(20)32-33-25/h1,3,6,8-9,13,15-18H,2,4-5,10-12,14H2,(H3,29,30,31,32,33)/t16?,17-,18+. The molecule has 2 fully saturated rings. The summed E-state index contributed by atoms with van der Waals surface area (Å²) < 4.78 is 0. The van der Waals surface area contributed by atoms with Crippen LogP contribution in [0.25, 0.3) is 21.8 Å². The Morgan fingerprint density at radius 3 is 2.85 bits per heavy atom. The van der Waals surface area contributed by atoms with Crippen molar-refractivity contribution in [3.63, 3.8) is 0 Å². The van der Waals surface area contributed by atoms with E-state index in [0.29, 0.717) is 36.1 Å². The van der Waals surface area contributed by atoms with E-state index in [1.807, 2.05) is 18.2 Å². The Hall–Kier alpha value is -3.77. The number of nitriles is 1. The number of piperidine rings is 1. The second kappa shape index (κ2) is 8.88. The molecule has 0 spiro atoms. The molecule has 1 unspecified atom stereocenters. The van der Waals surface area contributed by atoms with Crippen LogP contribution in [0.4, 0.5) is 17.5 Å². The van der Waals surface area contributed by atoms with E-state index in [-0.39, 0.29) is 0 Å². The largest absolute Gasteiger partial charge is 0.369 e. The third-order valence-corrected chi connectivity index (χ3v) is 7.23. The third-order valence-electron chi connectivity index (χ3n) is 7.23. The quantitative estimate of drug-likeness (QED) is 0.381. The van der Waals surface area contributed by atoms with E-state index in [2.05, 4.69) is 47.8 Å². The van der Waals surface area contributed by atoms with E-state index < -0.39 is 0 Å². The molecule has 0 aromatic carbocycles. The van der Waals surface area contributed by atoms with Gasteiger partial charge in [-0.2, -0.15) is 10.4 Å². The summed E-state index contributed by atoms with van der Waals surface area (Å²) in [7, 11) is 0. The van der Waals surface area contributed by atoms with Crippen molar-refractivity contribution in [1.29, 1.82) is 5.26 Å². The van der Waals surface area contributed by atoms with E-state index in [9.17, 15) is 0 Å². The second-order valence-electron chi connectivity index (χ2n) is 9.29.